The molecule has 1 heterocycles. The van der Waals surface area contributed by atoms with E-state index >= 15 is 0 Å². The molecule has 5 nitrogen and oxygen atoms in total. The highest BCUT2D eigenvalue weighted by Gasteiger charge is 2.23. The molecule has 0 aliphatic carbocycles. The predicted molar refractivity (Wildman–Crippen MR) is 124 cm³/mol. The monoisotopic (exact) mass is 442 g/mol. The summed E-state index contributed by atoms with van der Waals surface area (Å²) >= 11 is 0. The van der Waals surface area contributed by atoms with Crippen LogP contribution in [0.5, 0.6) is 0 Å². The van der Waals surface area contributed by atoms with Gasteiger partial charge < -0.3 is 10.5 Å². The van der Waals surface area contributed by atoms with E-state index in [1.807, 2.05) is 24.3 Å². The van der Waals surface area contributed by atoms with E-state index in [1.54, 1.807) is 54.9 Å². The second-order valence-corrected chi connectivity index (χ2v) is 7.79. The van der Waals surface area contributed by atoms with Gasteiger partial charge in [-0.1, -0.05) is 48.5 Å². The SMILES string of the molecule is NCC(C(=O)Cc1ccc2cnccc2c1)c1ccc(COC(=O)c2ccccc2)cc1F. The van der Waals surface area contributed by atoms with E-state index in [4.69, 9.17) is 10.5 Å². The summed E-state index contributed by atoms with van der Waals surface area (Å²) < 4.78 is 20.1. The van der Waals surface area contributed by atoms with E-state index in [0.29, 0.717) is 11.1 Å². The van der Waals surface area contributed by atoms with Gasteiger partial charge in [0.15, 0.2) is 0 Å². The van der Waals surface area contributed by atoms with E-state index in [-0.39, 0.29) is 30.9 Å². The third-order valence-electron chi connectivity index (χ3n) is 5.53. The van der Waals surface area contributed by atoms with Gasteiger partial charge in [0.25, 0.3) is 0 Å². The molecule has 33 heavy (non-hydrogen) atoms. The number of Topliss-reactive ketones (excluding diaryl/α,β-unsaturated/α-hetero) is 1. The Morgan fingerprint density at radius 1 is 0.939 bits per heavy atom. The highest BCUT2D eigenvalue weighted by molar-refractivity contribution is 5.90. The molecule has 0 aliphatic rings. The van der Waals surface area contributed by atoms with Crippen LogP contribution in [0.1, 0.15) is 33.0 Å². The largest absolute Gasteiger partial charge is 0.457 e. The maximum Gasteiger partial charge on any atom is 0.338 e. The Hall–Kier alpha value is -3.90. The molecule has 0 radical (unpaired) electrons. The number of ether oxygens (including phenoxy) is 1. The zero-order valence-electron chi connectivity index (χ0n) is 17.9. The van der Waals surface area contributed by atoms with Gasteiger partial charge in [0.2, 0.25) is 0 Å². The molecule has 0 bridgehead atoms. The van der Waals surface area contributed by atoms with Crippen LogP contribution in [0.2, 0.25) is 0 Å². The summed E-state index contributed by atoms with van der Waals surface area (Å²) in [6.07, 6.45) is 3.61. The lowest BCUT2D eigenvalue weighted by Crippen LogP contribution is -2.24. The number of pyridine rings is 1. The van der Waals surface area contributed by atoms with Crippen molar-refractivity contribution in [2.24, 2.45) is 5.73 Å². The summed E-state index contributed by atoms with van der Waals surface area (Å²) in [4.78, 5) is 29.1. The molecule has 1 aromatic heterocycles. The Kier molecular flexibility index (Phi) is 6.86. The van der Waals surface area contributed by atoms with Crippen molar-refractivity contribution in [2.75, 3.05) is 6.54 Å². The Morgan fingerprint density at radius 2 is 1.73 bits per heavy atom. The summed E-state index contributed by atoms with van der Waals surface area (Å²) in [6.45, 7) is -0.0757. The van der Waals surface area contributed by atoms with Crippen LogP contribution in [-0.2, 0) is 22.6 Å². The minimum atomic E-state index is -0.765. The molecule has 166 valence electrons. The molecule has 0 aliphatic heterocycles. The van der Waals surface area contributed by atoms with Crippen molar-refractivity contribution in [1.82, 2.24) is 4.98 Å². The molecular weight excluding hydrogens is 419 g/mol. The Morgan fingerprint density at radius 3 is 2.48 bits per heavy atom. The average molecular weight is 442 g/mol. The highest BCUT2D eigenvalue weighted by atomic mass is 19.1. The molecule has 1 unspecified atom stereocenters. The molecular formula is C27H23FN2O3. The van der Waals surface area contributed by atoms with Crippen LogP contribution in [0.4, 0.5) is 4.39 Å². The third-order valence-corrected chi connectivity index (χ3v) is 5.53. The van der Waals surface area contributed by atoms with Crippen molar-refractivity contribution in [1.29, 1.82) is 0 Å². The van der Waals surface area contributed by atoms with E-state index < -0.39 is 17.7 Å². The van der Waals surface area contributed by atoms with Gasteiger partial charge in [-0.2, -0.15) is 0 Å². The number of nitrogens with zero attached hydrogens (tertiary/aromatic N) is 1. The molecule has 0 fully saturated rings. The van der Waals surface area contributed by atoms with Gasteiger partial charge in [0.05, 0.1) is 11.5 Å². The molecule has 4 rings (SSSR count). The predicted octanol–water partition coefficient (Wildman–Crippen LogP) is 4.59. The number of aromatic nitrogens is 1. The van der Waals surface area contributed by atoms with Crippen molar-refractivity contribution in [3.05, 3.63) is 113 Å². The van der Waals surface area contributed by atoms with Gasteiger partial charge in [0, 0.05) is 30.7 Å². The molecule has 3 aromatic carbocycles. The van der Waals surface area contributed by atoms with E-state index in [0.717, 1.165) is 16.3 Å². The van der Waals surface area contributed by atoms with Crippen LogP contribution in [0.15, 0.2) is 85.2 Å². The molecule has 0 saturated heterocycles. The van der Waals surface area contributed by atoms with Gasteiger partial charge in [0.1, 0.15) is 18.2 Å². The summed E-state index contributed by atoms with van der Waals surface area (Å²) in [5.41, 5.74) is 7.85. The van der Waals surface area contributed by atoms with Crippen LogP contribution in [-0.4, -0.2) is 23.3 Å². The fourth-order valence-electron chi connectivity index (χ4n) is 3.75. The molecule has 0 amide bonds. The number of carbonyl (C=O) groups is 2. The molecule has 1 atom stereocenters. The van der Waals surface area contributed by atoms with Gasteiger partial charge in [-0.05, 0) is 46.3 Å². The third kappa shape index (κ3) is 5.30. The van der Waals surface area contributed by atoms with Crippen LogP contribution < -0.4 is 5.73 Å². The quantitative estimate of drug-likeness (QED) is 0.404. The number of nitrogens with two attached hydrogens (primary N) is 1. The van der Waals surface area contributed by atoms with Gasteiger partial charge in [-0.25, -0.2) is 9.18 Å². The lowest BCUT2D eigenvalue weighted by Gasteiger charge is -2.16. The first-order valence-electron chi connectivity index (χ1n) is 10.6. The number of benzene rings is 3. The normalized spacial score (nSPS) is 11.8. The fourth-order valence-corrected chi connectivity index (χ4v) is 3.75. The highest BCUT2D eigenvalue weighted by Crippen LogP contribution is 2.24. The lowest BCUT2D eigenvalue weighted by molar-refractivity contribution is -0.119. The number of esters is 1. The van der Waals surface area contributed by atoms with Crippen molar-refractivity contribution in [3.63, 3.8) is 0 Å². The molecule has 0 spiro atoms. The standard InChI is InChI=1S/C27H23FN2O3/c28-25-13-19(17-33-27(32)20-4-2-1-3-5-20)7-9-23(25)24(15-29)26(31)14-18-6-8-22-16-30-11-10-21(22)12-18/h1-13,16,24H,14-15,17,29H2. The summed E-state index contributed by atoms with van der Waals surface area (Å²) in [7, 11) is 0. The minimum Gasteiger partial charge on any atom is -0.457 e. The van der Waals surface area contributed by atoms with Crippen LogP contribution >= 0.6 is 0 Å². The van der Waals surface area contributed by atoms with Crippen molar-refractivity contribution in [3.8, 4) is 0 Å². The topological polar surface area (TPSA) is 82.3 Å². The van der Waals surface area contributed by atoms with Crippen molar-refractivity contribution >= 4 is 22.5 Å². The number of ketones is 1. The fraction of sp³-hybridized carbons (Fsp3) is 0.148. The molecule has 2 N–H and O–H groups in total. The van der Waals surface area contributed by atoms with E-state index in [9.17, 15) is 14.0 Å². The van der Waals surface area contributed by atoms with Crippen molar-refractivity contribution < 1.29 is 18.7 Å². The first kappa shape index (κ1) is 22.3. The zero-order valence-corrected chi connectivity index (χ0v) is 17.9. The Labute approximate surface area is 191 Å². The first-order chi connectivity index (χ1) is 16.0. The number of fused-ring (bicyclic) bond motifs is 1. The summed E-state index contributed by atoms with van der Waals surface area (Å²) in [5, 5.41) is 1.97. The number of carbonyl (C=O) groups excluding carboxylic acids is 2. The first-order valence-corrected chi connectivity index (χ1v) is 10.6. The lowest BCUT2D eigenvalue weighted by atomic mass is 9.90. The number of halogens is 1. The average Bonchev–Trinajstić information content (AvgIpc) is 2.84. The molecule has 4 aromatic rings. The van der Waals surface area contributed by atoms with Gasteiger partial charge >= 0.3 is 5.97 Å². The smallest absolute Gasteiger partial charge is 0.338 e. The van der Waals surface area contributed by atoms with E-state index in [1.165, 1.54) is 6.07 Å². The second kappa shape index (κ2) is 10.1. The van der Waals surface area contributed by atoms with E-state index in [2.05, 4.69) is 4.98 Å². The van der Waals surface area contributed by atoms with Gasteiger partial charge in [-0.3, -0.25) is 9.78 Å². The van der Waals surface area contributed by atoms with Crippen molar-refractivity contribution in [2.45, 2.75) is 18.9 Å². The maximum atomic E-state index is 14.9. The second-order valence-electron chi connectivity index (χ2n) is 7.79. The number of rotatable bonds is 8. The van der Waals surface area contributed by atoms with Crippen LogP contribution in [0, 0.1) is 5.82 Å². The molecule has 6 heteroatoms. The summed E-state index contributed by atoms with van der Waals surface area (Å²) in [5.74, 6) is -1.95. The van der Waals surface area contributed by atoms with Crippen LogP contribution in [0.3, 0.4) is 0 Å². The Balaban J connectivity index is 1.44. The number of hydrogen-bond donors (Lipinski definition) is 1. The zero-order chi connectivity index (χ0) is 23.2. The van der Waals surface area contributed by atoms with Gasteiger partial charge in [-0.15, -0.1) is 0 Å². The maximum absolute atomic E-state index is 14.9. The Bertz CT molecular complexity index is 1290. The minimum absolute atomic E-state index is 0.00437. The number of hydrogen-bond acceptors (Lipinski definition) is 5. The molecule has 0 saturated carbocycles. The summed E-state index contributed by atoms with van der Waals surface area (Å²) in [6, 6.07) is 20.7. The van der Waals surface area contributed by atoms with Crippen LogP contribution in [0.25, 0.3) is 10.8 Å².